The van der Waals surface area contributed by atoms with Crippen LogP contribution in [0.25, 0.3) is 11.0 Å². The van der Waals surface area contributed by atoms with E-state index in [9.17, 15) is 14.7 Å². The molecule has 1 fully saturated rings. The molecular weight excluding hydrogens is 334 g/mol. The van der Waals surface area contributed by atoms with E-state index in [1.165, 1.54) is 0 Å². The average Bonchev–Trinajstić information content (AvgIpc) is 2.97. The molecule has 1 aliphatic heterocycles. The Hall–Kier alpha value is -2.64. The average molecular weight is 359 g/mol. The predicted octanol–water partition coefficient (Wildman–Crippen LogP) is 2.03. The molecule has 1 aliphatic rings. The molecule has 26 heavy (non-hydrogen) atoms. The number of aliphatic carboxylic acids is 1. The van der Waals surface area contributed by atoms with Crippen LogP contribution in [0.1, 0.15) is 32.5 Å². The van der Waals surface area contributed by atoms with E-state index in [0.717, 1.165) is 16.9 Å². The van der Waals surface area contributed by atoms with Gasteiger partial charge in [0.1, 0.15) is 5.82 Å². The lowest BCUT2D eigenvalue weighted by atomic mass is 9.81. The van der Waals surface area contributed by atoms with Gasteiger partial charge >= 0.3 is 12.0 Å². The predicted molar refractivity (Wildman–Crippen MR) is 96.7 cm³/mol. The van der Waals surface area contributed by atoms with Crippen LogP contribution in [-0.4, -0.2) is 56.1 Å². The molecule has 3 N–H and O–H groups in total. The van der Waals surface area contributed by atoms with Crippen molar-refractivity contribution in [2.75, 3.05) is 13.1 Å². The van der Waals surface area contributed by atoms with Crippen molar-refractivity contribution in [1.82, 2.24) is 25.2 Å². The summed E-state index contributed by atoms with van der Waals surface area (Å²) in [4.78, 5) is 37.3. The number of likely N-dealkylation sites (tertiary alicyclic amines) is 1. The SMILES string of the molecule is CC(C)NC(=O)N1CCC(CC(=O)O)C(Cc2nc3ccncc3[nH]2)C1. The molecule has 3 rings (SSSR count). The smallest absolute Gasteiger partial charge is 0.317 e. The molecule has 0 aliphatic carbocycles. The van der Waals surface area contributed by atoms with Crippen LogP contribution in [0.4, 0.5) is 4.79 Å². The molecule has 8 heteroatoms. The first-order chi connectivity index (χ1) is 12.4. The van der Waals surface area contributed by atoms with E-state index in [0.29, 0.717) is 25.9 Å². The summed E-state index contributed by atoms with van der Waals surface area (Å²) in [5.41, 5.74) is 1.71. The summed E-state index contributed by atoms with van der Waals surface area (Å²) < 4.78 is 0. The number of nitrogens with zero attached hydrogens (tertiary/aromatic N) is 3. The van der Waals surface area contributed by atoms with Crippen LogP contribution in [0.2, 0.25) is 0 Å². The molecule has 8 nitrogen and oxygen atoms in total. The van der Waals surface area contributed by atoms with E-state index in [-0.39, 0.29) is 30.3 Å². The van der Waals surface area contributed by atoms with E-state index in [4.69, 9.17) is 0 Å². The van der Waals surface area contributed by atoms with Crippen LogP contribution in [0.5, 0.6) is 0 Å². The number of aromatic amines is 1. The van der Waals surface area contributed by atoms with Gasteiger partial charge in [0.25, 0.3) is 0 Å². The van der Waals surface area contributed by atoms with Gasteiger partial charge in [0, 0.05) is 38.2 Å². The first-order valence-corrected chi connectivity index (χ1v) is 8.98. The number of amides is 2. The van der Waals surface area contributed by atoms with E-state index < -0.39 is 5.97 Å². The second kappa shape index (κ2) is 7.72. The Labute approximate surface area is 152 Å². The van der Waals surface area contributed by atoms with Gasteiger partial charge in [-0.2, -0.15) is 0 Å². The Balaban J connectivity index is 1.75. The molecule has 1 saturated heterocycles. The summed E-state index contributed by atoms with van der Waals surface area (Å²) in [5.74, 6) is 0.0848. The third kappa shape index (κ3) is 4.30. The van der Waals surface area contributed by atoms with Gasteiger partial charge in [-0.25, -0.2) is 9.78 Å². The molecule has 2 aromatic heterocycles. The largest absolute Gasteiger partial charge is 0.481 e. The lowest BCUT2D eigenvalue weighted by Crippen LogP contribution is -2.50. The minimum atomic E-state index is -0.797. The highest BCUT2D eigenvalue weighted by Crippen LogP contribution is 2.29. The van der Waals surface area contributed by atoms with Crippen molar-refractivity contribution in [3.63, 3.8) is 0 Å². The Bertz CT molecular complexity index is 755. The van der Waals surface area contributed by atoms with E-state index >= 15 is 0 Å². The maximum atomic E-state index is 12.3. The lowest BCUT2D eigenvalue weighted by Gasteiger charge is -2.38. The van der Waals surface area contributed by atoms with Crippen LogP contribution in [-0.2, 0) is 11.2 Å². The third-order valence-electron chi connectivity index (χ3n) is 4.82. The molecule has 0 bridgehead atoms. The monoisotopic (exact) mass is 359 g/mol. The first-order valence-electron chi connectivity index (χ1n) is 8.98. The highest BCUT2D eigenvalue weighted by Gasteiger charge is 2.33. The van der Waals surface area contributed by atoms with Crippen molar-refractivity contribution < 1.29 is 14.7 Å². The van der Waals surface area contributed by atoms with Gasteiger partial charge in [-0.15, -0.1) is 0 Å². The number of piperidine rings is 1. The number of carboxylic acid groups (broad SMARTS) is 1. The van der Waals surface area contributed by atoms with Crippen LogP contribution >= 0.6 is 0 Å². The number of carbonyl (C=O) groups excluding carboxylic acids is 1. The quantitative estimate of drug-likeness (QED) is 0.756. The van der Waals surface area contributed by atoms with Gasteiger partial charge in [0.05, 0.1) is 17.2 Å². The second-order valence-corrected chi connectivity index (χ2v) is 7.24. The van der Waals surface area contributed by atoms with Gasteiger partial charge in [0.15, 0.2) is 0 Å². The lowest BCUT2D eigenvalue weighted by molar-refractivity contribution is -0.139. The van der Waals surface area contributed by atoms with Crippen LogP contribution < -0.4 is 5.32 Å². The zero-order chi connectivity index (χ0) is 18.7. The fourth-order valence-corrected chi connectivity index (χ4v) is 3.58. The topological polar surface area (TPSA) is 111 Å². The summed E-state index contributed by atoms with van der Waals surface area (Å²) in [6.07, 6.45) is 4.83. The number of imidazole rings is 1. The summed E-state index contributed by atoms with van der Waals surface area (Å²) in [5, 5.41) is 12.1. The Morgan fingerprint density at radius 3 is 2.92 bits per heavy atom. The third-order valence-corrected chi connectivity index (χ3v) is 4.82. The number of hydrogen-bond donors (Lipinski definition) is 3. The summed E-state index contributed by atoms with van der Waals surface area (Å²) in [7, 11) is 0. The van der Waals surface area contributed by atoms with Crippen LogP contribution in [0, 0.1) is 11.8 Å². The molecular formula is C18H25N5O3. The number of fused-ring (bicyclic) bond motifs is 1. The van der Waals surface area contributed by atoms with Gasteiger partial charge in [-0.3, -0.25) is 9.78 Å². The van der Waals surface area contributed by atoms with Crippen molar-refractivity contribution in [3.8, 4) is 0 Å². The zero-order valence-electron chi connectivity index (χ0n) is 15.1. The van der Waals surface area contributed by atoms with Crippen molar-refractivity contribution >= 4 is 23.0 Å². The molecule has 2 aromatic rings. The van der Waals surface area contributed by atoms with Crippen molar-refractivity contribution in [2.45, 2.75) is 39.2 Å². The van der Waals surface area contributed by atoms with Gasteiger partial charge in [-0.05, 0) is 38.2 Å². The fraction of sp³-hybridized carbons (Fsp3) is 0.556. The highest BCUT2D eigenvalue weighted by atomic mass is 16.4. The van der Waals surface area contributed by atoms with Gasteiger partial charge in [-0.1, -0.05) is 0 Å². The molecule has 3 heterocycles. The number of carbonyl (C=O) groups is 2. The number of nitrogens with one attached hydrogen (secondary N) is 2. The summed E-state index contributed by atoms with van der Waals surface area (Å²) in [6, 6.07) is 1.82. The van der Waals surface area contributed by atoms with Crippen molar-refractivity contribution in [3.05, 3.63) is 24.3 Å². The van der Waals surface area contributed by atoms with Crippen LogP contribution in [0.15, 0.2) is 18.5 Å². The Morgan fingerprint density at radius 2 is 2.23 bits per heavy atom. The maximum Gasteiger partial charge on any atom is 0.317 e. The number of aromatic nitrogens is 3. The minimum Gasteiger partial charge on any atom is -0.481 e. The molecule has 0 radical (unpaired) electrons. The van der Waals surface area contributed by atoms with Crippen molar-refractivity contribution in [2.24, 2.45) is 11.8 Å². The Kier molecular flexibility index (Phi) is 5.39. The number of pyridine rings is 1. The summed E-state index contributed by atoms with van der Waals surface area (Å²) >= 11 is 0. The number of H-pyrrole nitrogens is 1. The molecule has 2 atom stereocenters. The first kappa shape index (κ1) is 18.2. The summed E-state index contributed by atoms with van der Waals surface area (Å²) in [6.45, 7) is 4.97. The number of rotatable bonds is 5. The van der Waals surface area contributed by atoms with Crippen molar-refractivity contribution in [1.29, 1.82) is 0 Å². The number of carboxylic acids is 1. The molecule has 2 amide bonds. The normalized spacial score (nSPS) is 20.5. The fourth-order valence-electron chi connectivity index (χ4n) is 3.58. The van der Waals surface area contributed by atoms with Gasteiger partial charge in [0.2, 0.25) is 0 Å². The number of urea groups is 1. The molecule has 0 spiro atoms. The van der Waals surface area contributed by atoms with E-state index in [1.807, 2.05) is 19.9 Å². The zero-order valence-corrected chi connectivity index (χ0v) is 15.1. The molecule has 140 valence electrons. The number of hydrogen-bond acceptors (Lipinski definition) is 4. The highest BCUT2D eigenvalue weighted by molar-refractivity contribution is 5.75. The van der Waals surface area contributed by atoms with Crippen LogP contribution in [0.3, 0.4) is 0 Å². The molecule has 0 saturated carbocycles. The second-order valence-electron chi connectivity index (χ2n) is 7.24. The Morgan fingerprint density at radius 1 is 1.42 bits per heavy atom. The maximum absolute atomic E-state index is 12.3. The van der Waals surface area contributed by atoms with Gasteiger partial charge < -0.3 is 20.3 Å². The van der Waals surface area contributed by atoms with E-state index in [2.05, 4.69) is 20.3 Å². The minimum absolute atomic E-state index is 0.0296. The standard InChI is InChI=1S/C18H25N5O3/c1-11(2)20-18(26)23-6-4-12(8-17(24)25)13(10-23)7-16-21-14-3-5-19-9-15(14)22-16/h3,5,9,11-13H,4,6-8,10H2,1-2H3,(H,20,26)(H,21,22)(H,24,25). The molecule has 2 unspecified atom stereocenters. The van der Waals surface area contributed by atoms with E-state index in [1.54, 1.807) is 17.3 Å². The molecule has 0 aromatic carbocycles.